The highest BCUT2D eigenvalue weighted by Crippen LogP contribution is 2.27. The summed E-state index contributed by atoms with van der Waals surface area (Å²) >= 11 is 0. The maximum absolute atomic E-state index is 7.70. The fraction of sp³-hybridized carbons (Fsp3) is 0.600. The Balaban J connectivity index is 2.37. The number of hydrogen-bond donors (Lipinski definition) is 2. The van der Waals surface area contributed by atoms with Crippen molar-refractivity contribution in [3.63, 3.8) is 0 Å². The van der Waals surface area contributed by atoms with Crippen LogP contribution in [0.15, 0.2) is 6.07 Å². The zero-order valence-electron chi connectivity index (χ0n) is 12.0. The zero-order valence-corrected chi connectivity index (χ0v) is 12.0. The van der Waals surface area contributed by atoms with Gasteiger partial charge in [0.15, 0.2) is 0 Å². The molecule has 0 radical (unpaired) electrons. The molecule has 1 aliphatic carbocycles. The molecule has 0 amide bonds. The van der Waals surface area contributed by atoms with E-state index in [-0.39, 0.29) is 11.9 Å². The Morgan fingerprint density at radius 2 is 2.00 bits per heavy atom. The van der Waals surface area contributed by atoms with Gasteiger partial charge in [0.1, 0.15) is 5.84 Å². The molecule has 1 aromatic heterocycles. The van der Waals surface area contributed by atoms with Gasteiger partial charge in [-0.3, -0.25) is 5.41 Å². The van der Waals surface area contributed by atoms with Gasteiger partial charge in [-0.1, -0.05) is 13.8 Å². The Morgan fingerprint density at radius 1 is 1.32 bits per heavy atom. The van der Waals surface area contributed by atoms with Gasteiger partial charge in [-0.15, -0.1) is 0 Å². The maximum Gasteiger partial charge on any atom is 0.225 e. The lowest BCUT2D eigenvalue weighted by atomic mass is 9.94. The summed E-state index contributed by atoms with van der Waals surface area (Å²) in [4.78, 5) is 4.61. The predicted octanol–water partition coefficient (Wildman–Crippen LogP) is 2.67. The highest BCUT2D eigenvalue weighted by atomic mass is 16.5. The van der Waals surface area contributed by atoms with Crippen molar-refractivity contribution in [2.45, 2.75) is 52.6 Å². The number of hydrogen-bond acceptors (Lipinski definition) is 3. The number of rotatable bonds is 4. The van der Waals surface area contributed by atoms with E-state index in [4.69, 9.17) is 15.9 Å². The third-order valence-corrected chi connectivity index (χ3v) is 3.79. The Morgan fingerprint density at radius 3 is 2.63 bits per heavy atom. The molecular formula is C15H23N3O. The molecule has 1 atom stereocenters. The van der Waals surface area contributed by atoms with E-state index < -0.39 is 0 Å². The number of nitrogen functional groups attached to an aromatic ring is 1. The van der Waals surface area contributed by atoms with E-state index in [1.165, 1.54) is 18.4 Å². The van der Waals surface area contributed by atoms with Crippen molar-refractivity contribution in [1.82, 2.24) is 4.98 Å². The Bertz CT molecular complexity index is 483. The van der Waals surface area contributed by atoms with Crippen LogP contribution in [0.1, 0.15) is 50.4 Å². The molecule has 3 N–H and O–H groups in total. The smallest absolute Gasteiger partial charge is 0.225 e. The summed E-state index contributed by atoms with van der Waals surface area (Å²) in [5.74, 6) is 0.957. The van der Waals surface area contributed by atoms with Gasteiger partial charge in [-0.25, -0.2) is 4.98 Å². The van der Waals surface area contributed by atoms with Crippen molar-refractivity contribution in [1.29, 1.82) is 5.41 Å². The predicted molar refractivity (Wildman–Crippen MR) is 76.8 cm³/mol. The zero-order chi connectivity index (χ0) is 14.0. The number of amidine groups is 1. The van der Waals surface area contributed by atoms with Gasteiger partial charge in [0.2, 0.25) is 5.88 Å². The molecule has 4 nitrogen and oxygen atoms in total. The molecule has 0 aliphatic heterocycles. The molecule has 0 saturated heterocycles. The minimum absolute atomic E-state index is 0.0341. The van der Waals surface area contributed by atoms with Crippen LogP contribution >= 0.6 is 0 Å². The summed E-state index contributed by atoms with van der Waals surface area (Å²) in [6, 6.07) is 1.99. The first-order chi connectivity index (χ1) is 8.99. The molecule has 0 aromatic carbocycles. The maximum atomic E-state index is 7.70. The summed E-state index contributed by atoms with van der Waals surface area (Å²) < 4.78 is 5.90. The number of ether oxygens (including phenoxy) is 1. The van der Waals surface area contributed by atoms with E-state index in [2.05, 4.69) is 18.8 Å². The average Bonchev–Trinajstić information content (AvgIpc) is 2.37. The number of nitrogens with zero attached hydrogens (tertiary/aromatic N) is 1. The molecule has 0 saturated carbocycles. The van der Waals surface area contributed by atoms with Gasteiger partial charge in [-0.2, -0.15) is 0 Å². The van der Waals surface area contributed by atoms with Crippen LogP contribution in [0.4, 0.5) is 0 Å². The number of pyridine rings is 1. The normalized spacial score (nSPS) is 16.0. The Hall–Kier alpha value is -1.58. The van der Waals surface area contributed by atoms with E-state index in [0.717, 1.165) is 18.5 Å². The quantitative estimate of drug-likeness (QED) is 0.646. The standard InChI is InChI=1S/C15H23N3O/c1-9(2)10(3)19-15-12(14(16)17)8-11-6-4-5-7-13(11)18-15/h8-10H,4-7H2,1-3H3,(H3,16,17). The van der Waals surface area contributed by atoms with E-state index in [1.807, 2.05) is 13.0 Å². The van der Waals surface area contributed by atoms with Crippen LogP contribution < -0.4 is 10.5 Å². The number of nitrogens with one attached hydrogen (secondary N) is 1. The van der Waals surface area contributed by atoms with Crippen molar-refractivity contribution in [2.75, 3.05) is 0 Å². The molecule has 104 valence electrons. The fourth-order valence-electron chi connectivity index (χ4n) is 2.21. The molecule has 0 bridgehead atoms. The first-order valence-electron chi connectivity index (χ1n) is 7.03. The Labute approximate surface area is 114 Å². The minimum atomic E-state index is 0.0341. The van der Waals surface area contributed by atoms with Crippen LogP contribution in [0.3, 0.4) is 0 Å². The monoisotopic (exact) mass is 261 g/mol. The number of nitrogens with two attached hydrogens (primary N) is 1. The molecule has 2 rings (SSSR count). The first kappa shape index (κ1) is 13.8. The van der Waals surface area contributed by atoms with Gasteiger partial charge in [0, 0.05) is 5.69 Å². The molecule has 0 fully saturated rings. The third-order valence-electron chi connectivity index (χ3n) is 3.79. The summed E-state index contributed by atoms with van der Waals surface area (Å²) in [6.45, 7) is 6.24. The van der Waals surface area contributed by atoms with Crippen molar-refractivity contribution < 1.29 is 4.74 Å². The van der Waals surface area contributed by atoms with Crippen LogP contribution in [0.2, 0.25) is 0 Å². The average molecular weight is 261 g/mol. The topological polar surface area (TPSA) is 72.0 Å². The van der Waals surface area contributed by atoms with E-state index >= 15 is 0 Å². The van der Waals surface area contributed by atoms with Gasteiger partial charge >= 0.3 is 0 Å². The lowest BCUT2D eigenvalue weighted by molar-refractivity contribution is 0.162. The van der Waals surface area contributed by atoms with Gasteiger partial charge < -0.3 is 10.5 Å². The van der Waals surface area contributed by atoms with Gasteiger partial charge in [0.05, 0.1) is 11.7 Å². The van der Waals surface area contributed by atoms with Crippen LogP contribution in [0.5, 0.6) is 5.88 Å². The first-order valence-corrected chi connectivity index (χ1v) is 7.03. The van der Waals surface area contributed by atoms with Gasteiger partial charge in [-0.05, 0) is 50.2 Å². The molecule has 1 heterocycles. The number of aromatic nitrogens is 1. The molecule has 0 spiro atoms. The Kier molecular flexibility index (Phi) is 4.08. The van der Waals surface area contributed by atoms with Crippen molar-refractivity contribution in [3.8, 4) is 5.88 Å². The van der Waals surface area contributed by atoms with Crippen molar-refractivity contribution >= 4 is 5.84 Å². The lowest BCUT2D eigenvalue weighted by Crippen LogP contribution is -2.23. The molecule has 1 aromatic rings. The molecule has 4 heteroatoms. The second-order valence-electron chi connectivity index (χ2n) is 5.63. The van der Waals surface area contributed by atoms with Crippen LogP contribution in [-0.2, 0) is 12.8 Å². The second kappa shape index (κ2) is 5.59. The number of aryl methyl sites for hydroxylation is 2. The summed E-state index contributed by atoms with van der Waals surface area (Å²) in [5, 5.41) is 7.70. The third kappa shape index (κ3) is 3.06. The lowest BCUT2D eigenvalue weighted by Gasteiger charge is -2.22. The molecule has 1 aliphatic rings. The van der Waals surface area contributed by atoms with E-state index in [1.54, 1.807) is 0 Å². The fourth-order valence-corrected chi connectivity index (χ4v) is 2.21. The SMILES string of the molecule is CC(C)C(C)Oc1nc2c(cc1C(=N)N)CCCC2. The molecule has 19 heavy (non-hydrogen) atoms. The van der Waals surface area contributed by atoms with Gasteiger partial charge in [0.25, 0.3) is 0 Å². The largest absolute Gasteiger partial charge is 0.474 e. The van der Waals surface area contributed by atoms with E-state index in [9.17, 15) is 0 Å². The van der Waals surface area contributed by atoms with E-state index in [0.29, 0.717) is 17.4 Å². The summed E-state index contributed by atoms with van der Waals surface area (Å²) in [7, 11) is 0. The van der Waals surface area contributed by atoms with Crippen LogP contribution in [-0.4, -0.2) is 16.9 Å². The minimum Gasteiger partial charge on any atom is -0.474 e. The van der Waals surface area contributed by atoms with Crippen LogP contribution in [0, 0.1) is 11.3 Å². The highest BCUT2D eigenvalue weighted by molar-refractivity contribution is 5.97. The second-order valence-corrected chi connectivity index (χ2v) is 5.63. The molecular weight excluding hydrogens is 238 g/mol. The van der Waals surface area contributed by atoms with Crippen molar-refractivity contribution in [3.05, 3.63) is 22.9 Å². The molecule has 1 unspecified atom stereocenters. The summed E-state index contributed by atoms with van der Waals surface area (Å²) in [6.07, 6.45) is 4.46. The van der Waals surface area contributed by atoms with Crippen molar-refractivity contribution in [2.24, 2.45) is 11.7 Å². The summed E-state index contributed by atoms with van der Waals surface area (Å²) in [5.41, 5.74) is 8.63. The van der Waals surface area contributed by atoms with Crippen LogP contribution in [0.25, 0.3) is 0 Å². The highest BCUT2D eigenvalue weighted by Gasteiger charge is 2.19. The number of fused-ring (bicyclic) bond motifs is 1.